The maximum absolute atomic E-state index is 12.3. The maximum atomic E-state index is 12.3. The first kappa shape index (κ1) is 24.0. The molecule has 4 saturated carbocycles. The predicted molar refractivity (Wildman–Crippen MR) is 126 cm³/mol. The molecule has 31 heavy (non-hydrogen) atoms. The molecular weight excluding hydrogens is 384 g/mol. The van der Waals surface area contributed by atoms with E-state index in [2.05, 4.69) is 41.5 Å². The van der Waals surface area contributed by atoms with Crippen LogP contribution < -0.4 is 0 Å². The SMILES string of the molecule is CC(C)[C@@H](C)CC[C@@H](C)[C@@H]1CC[C@@H]2[C@]1(C)CC[C@@H]1[C@]3(C)CC[C@H](O)C[C@@H]3C[C@@H](O)[C@]21O. The molecule has 0 aliphatic heterocycles. The lowest BCUT2D eigenvalue weighted by Crippen LogP contribution is -2.69. The molecule has 11 atom stereocenters. The summed E-state index contributed by atoms with van der Waals surface area (Å²) < 4.78 is 0. The van der Waals surface area contributed by atoms with E-state index in [-0.39, 0.29) is 28.8 Å². The second-order valence-corrected chi connectivity index (χ2v) is 13.4. The second-order valence-electron chi connectivity index (χ2n) is 13.4. The highest BCUT2D eigenvalue weighted by Crippen LogP contribution is 2.69. The molecule has 0 amide bonds. The van der Waals surface area contributed by atoms with Gasteiger partial charge in [-0.15, -0.1) is 0 Å². The van der Waals surface area contributed by atoms with Crippen LogP contribution in [0, 0.1) is 52.3 Å². The second kappa shape index (κ2) is 8.27. The molecule has 4 rings (SSSR count). The van der Waals surface area contributed by atoms with Crippen LogP contribution in [0.1, 0.15) is 106 Å². The number of aliphatic hydroxyl groups is 3. The van der Waals surface area contributed by atoms with Gasteiger partial charge in [-0.05, 0) is 104 Å². The van der Waals surface area contributed by atoms with E-state index in [0.717, 1.165) is 43.9 Å². The molecule has 0 heterocycles. The summed E-state index contributed by atoms with van der Waals surface area (Å²) in [7, 11) is 0. The lowest BCUT2D eigenvalue weighted by atomic mass is 9.42. The zero-order valence-corrected chi connectivity index (χ0v) is 21.1. The van der Waals surface area contributed by atoms with Gasteiger partial charge in [0.25, 0.3) is 0 Å². The molecule has 0 unspecified atom stereocenters. The molecule has 0 aromatic heterocycles. The first-order chi connectivity index (χ1) is 14.4. The van der Waals surface area contributed by atoms with Crippen molar-refractivity contribution in [3.8, 4) is 0 Å². The summed E-state index contributed by atoms with van der Waals surface area (Å²) in [5.41, 5.74) is -0.741. The third-order valence-corrected chi connectivity index (χ3v) is 11.7. The summed E-state index contributed by atoms with van der Waals surface area (Å²) in [4.78, 5) is 0. The van der Waals surface area contributed by atoms with Gasteiger partial charge < -0.3 is 15.3 Å². The molecule has 0 spiro atoms. The first-order valence-corrected chi connectivity index (χ1v) is 13.5. The highest BCUT2D eigenvalue weighted by Gasteiger charge is 2.69. The fourth-order valence-electron chi connectivity index (χ4n) is 9.31. The summed E-state index contributed by atoms with van der Waals surface area (Å²) in [5, 5.41) is 34.0. The molecule has 180 valence electrons. The number of aliphatic hydroxyl groups excluding tert-OH is 2. The van der Waals surface area contributed by atoms with Crippen LogP contribution in [0.5, 0.6) is 0 Å². The van der Waals surface area contributed by atoms with Crippen molar-refractivity contribution in [2.45, 2.75) is 124 Å². The zero-order chi connectivity index (χ0) is 22.8. The number of rotatable bonds is 5. The smallest absolute Gasteiger partial charge is 0.0971 e. The summed E-state index contributed by atoms with van der Waals surface area (Å²) in [5.74, 6) is 3.59. The lowest BCUT2D eigenvalue weighted by Gasteiger charge is -2.66. The van der Waals surface area contributed by atoms with Crippen LogP contribution in [0.2, 0.25) is 0 Å². The fraction of sp³-hybridized carbons (Fsp3) is 1.00. The Hall–Kier alpha value is -0.120. The Bertz CT molecular complexity index is 648. The topological polar surface area (TPSA) is 60.7 Å². The Morgan fingerprint density at radius 3 is 2.13 bits per heavy atom. The number of fused-ring (bicyclic) bond motifs is 5. The Balaban J connectivity index is 1.56. The summed E-state index contributed by atoms with van der Waals surface area (Å²) in [6.07, 6.45) is 9.54. The minimum Gasteiger partial charge on any atom is -0.393 e. The Kier molecular flexibility index (Phi) is 6.41. The average Bonchev–Trinajstić information content (AvgIpc) is 3.06. The molecule has 0 saturated heterocycles. The van der Waals surface area contributed by atoms with E-state index in [1.165, 1.54) is 25.7 Å². The molecular formula is C28H50O3. The van der Waals surface area contributed by atoms with Gasteiger partial charge in [-0.1, -0.05) is 54.4 Å². The highest BCUT2D eigenvalue weighted by atomic mass is 16.3. The standard InChI is InChI=1S/C28H50O3/c1-17(2)18(3)7-8-19(4)22-9-10-23-27(22,6)14-12-24-26(5)13-11-21(29)15-20(26)16-25(30)28(23,24)31/h17-25,29-31H,7-16H2,1-6H3/t18-,19+,20+,21-,22-,23+,24+,25+,26+,27+,28-/m0/s1. The highest BCUT2D eigenvalue weighted by molar-refractivity contribution is 5.19. The van der Waals surface area contributed by atoms with Crippen LogP contribution in [0.25, 0.3) is 0 Å². The van der Waals surface area contributed by atoms with E-state index < -0.39 is 11.7 Å². The van der Waals surface area contributed by atoms with Gasteiger partial charge in [0.1, 0.15) is 0 Å². The molecule has 0 aromatic carbocycles. The largest absolute Gasteiger partial charge is 0.393 e. The molecule has 4 aliphatic rings. The molecule has 0 aromatic rings. The van der Waals surface area contributed by atoms with Crippen LogP contribution in [0.4, 0.5) is 0 Å². The Morgan fingerprint density at radius 2 is 1.45 bits per heavy atom. The molecule has 3 heteroatoms. The predicted octanol–water partition coefficient (Wildman–Crippen LogP) is 5.80. The number of hydrogen-bond acceptors (Lipinski definition) is 3. The Labute approximate surface area is 191 Å². The van der Waals surface area contributed by atoms with E-state index in [9.17, 15) is 15.3 Å². The lowest BCUT2D eigenvalue weighted by molar-refractivity contribution is -0.271. The van der Waals surface area contributed by atoms with Crippen LogP contribution in [0.15, 0.2) is 0 Å². The van der Waals surface area contributed by atoms with Crippen LogP contribution in [-0.2, 0) is 0 Å². The van der Waals surface area contributed by atoms with Gasteiger partial charge >= 0.3 is 0 Å². The molecule has 0 bridgehead atoms. The summed E-state index contributed by atoms with van der Waals surface area (Å²) in [6, 6.07) is 0. The van der Waals surface area contributed by atoms with Gasteiger partial charge in [-0.3, -0.25) is 0 Å². The maximum Gasteiger partial charge on any atom is 0.0971 e. The summed E-state index contributed by atoms with van der Waals surface area (Å²) >= 11 is 0. The van der Waals surface area contributed by atoms with Crippen molar-refractivity contribution in [1.82, 2.24) is 0 Å². The van der Waals surface area contributed by atoms with Gasteiger partial charge in [-0.25, -0.2) is 0 Å². The zero-order valence-electron chi connectivity index (χ0n) is 21.1. The van der Waals surface area contributed by atoms with Crippen molar-refractivity contribution in [2.75, 3.05) is 0 Å². The minimum absolute atomic E-state index is 0.0605. The van der Waals surface area contributed by atoms with Gasteiger partial charge in [0.05, 0.1) is 17.8 Å². The van der Waals surface area contributed by atoms with Crippen LogP contribution in [0.3, 0.4) is 0 Å². The van der Waals surface area contributed by atoms with Crippen molar-refractivity contribution in [3.05, 3.63) is 0 Å². The minimum atomic E-state index is -0.944. The molecule has 0 radical (unpaired) electrons. The van der Waals surface area contributed by atoms with Crippen LogP contribution >= 0.6 is 0 Å². The van der Waals surface area contributed by atoms with Crippen molar-refractivity contribution >= 4 is 0 Å². The van der Waals surface area contributed by atoms with E-state index in [4.69, 9.17) is 0 Å². The van der Waals surface area contributed by atoms with Crippen molar-refractivity contribution < 1.29 is 15.3 Å². The molecule has 4 fully saturated rings. The molecule has 3 nitrogen and oxygen atoms in total. The van der Waals surface area contributed by atoms with Gasteiger partial charge in [0, 0.05) is 0 Å². The van der Waals surface area contributed by atoms with Gasteiger partial charge in [-0.2, -0.15) is 0 Å². The third-order valence-electron chi connectivity index (χ3n) is 11.7. The van der Waals surface area contributed by atoms with Gasteiger partial charge in [0.15, 0.2) is 0 Å². The van der Waals surface area contributed by atoms with E-state index in [0.29, 0.717) is 24.2 Å². The van der Waals surface area contributed by atoms with Crippen molar-refractivity contribution in [1.29, 1.82) is 0 Å². The van der Waals surface area contributed by atoms with Crippen LogP contribution in [-0.4, -0.2) is 33.1 Å². The average molecular weight is 435 g/mol. The third kappa shape index (κ3) is 3.64. The molecule has 4 aliphatic carbocycles. The number of hydrogen-bond donors (Lipinski definition) is 3. The first-order valence-electron chi connectivity index (χ1n) is 13.5. The Morgan fingerprint density at radius 1 is 0.806 bits per heavy atom. The monoisotopic (exact) mass is 434 g/mol. The van der Waals surface area contributed by atoms with Crippen molar-refractivity contribution in [3.63, 3.8) is 0 Å². The fourth-order valence-corrected chi connectivity index (χ4v) is 9.31. The van der Waals surface area contributed by atoms with E-state index >= 15 is 0 Å². The molecule has 3 N–H and O–H groups in total. The normalized spacial score (nSPS) is 51.7. The van der Waals surface area contributed by atoms with Gasteiger partial charge in [0.2, 0.25) is 0 Å². The van der Waals surface area contributed by atoms with E-state index in [1.54, 1.807) is 0 Å². The summed E-state index contributed by atoms with van der Waals surface area (Å²) in [6.45, 7) is 14.3. The van der Waals surface area contributed by atoms with E-state index in [1.807, 2.05) is 0 Å². The van der Waals surface area contributed by atoms with Crippen molar-refractivity contribution in [2.24, 2.45) is 52.3 Å². The quantitative estimate of drug-likeness (QED) is 0.512.